The molecule has 1 aromatic heterocycles. The van der Waals surface area contributed by atoms with Crippen LogP contribution in [0.1, 0.15) is 25.6 Å². The van der Waals surface area contributed by atoms with Gasteiger partial charge in [0.1, 0.15) is 4.88 Å². The molecule has 0 aliphatic carbocycles. The highest BCUT2D eigenvalue weighted by molar-refractivity contribution is 7.18. The lowest BCUT2D eigenvalue weighted by Crippen LogP contribution is -2.11. The molecule has 31 heavy (non-hydrogen) atoms. The van der Waals surface area contributed by atoms with Crippen molar-refractivity contribution in [2.75, 3.05) is 5.32 Å². The molecule has 0 saturated carbocycles. The minimum atomic E-state index is -0.532. The molecule has 8 heteroatoms. The molecule has 4 aromatic rings. The number of rotatable bonds is 6. The molecular weight excluding hydrogens is 414 g/mol. The van der Waals surface area contributed by atoms with E-state index in [4.69, 9.17) is 0 Å². The average Bonchev–Trinajstić information content (AvgIpc) is 3.23. The van der Waals surface area contributed by atoms with Crippen LogP contribution in [0.25, 0.3) is 11.3 Å². The Morgan fingerprint density at radius 2 is 1.45 bits per heavy atom. The third-order valence-corrected chi connectivity index (χ3v) is 5.45. The van der Waals surface area contributed by atoms with Crippen molar-refractivity contribution in [3.8, 4) is 11.3 Å². The lowest BCUT2D eigenvalue weighted by molar-refractivity contribution is -0.384. The van der Waals surface area contributed by atoms with E-state index >= 15 is 0 Å². The number of carbonyl (C=O) groups excluding carboxylic acids is 2. The maximum absolute atomic E-state index is 13.1. The maximum Gasteiger partial charge on any atom is 0.269 e. The molecule has 1 amide bonds. The van der Waals surface area contributed by atoms with E-state index in [9.17, 15) is 19.7 Å². The fraction of sp³-hybridized carbons (Fsp3) is 0. The number of nitrogens with zero attached hydrogens (tertiary/aromatic N) is 2. The molecule has 0 aliphatic rings. The summed E-state index contributed by atoms with van der Waals surface area (Å²) in [5, 5.41) is 13.7. The summed E-state index contributed by atoms with van der Waals surface area (Å²) in [6.07, 6.45) is 0. The van der Waals surface area contributed by atoms with E-state index in [-0.39, 0.29) is 22.2 Å². The number of nitro benzene ring substituents is 1. The van der Waals surface area contributed by atoms with Crippen molar-refractivity contribution in [3.63, 3.8) is 0 Å². The highest BCUT2D eigenvalue weighted by Crippen LogP contribution is 2.33. The standard InChI is InChI=1S/C23H15N3O4S/c27-20(16-9-5-2-6-10-16)21-19(15-7-3-1-4-8-15)24-23(31-21)25-22(28)17-11-13-18(14-12-17)26(29)30/h1-14H,(H,24,25,28). The van der Waals surface area contributed by atoms with Gasteiger partial charge in [0.15, 0.2) is 5.13 Å². The number of nitrogens with one attached hydrogen (secondary N) is 1. The summed E-state index contributed by atoms with van der Waals surface area (Å²) in [6, 6.07) is 23.4. The van der Waals surface area contributed by atoms with E-state index in [2.05, 4.69) is 10.3 Å². The van der Waals surface area contributed by atoms with Gasteiger partial charge in [-0.25, -0.2) is 4.98 Å². The second-order valence-electron chi connectivity index (χ2n) is 6.52. The molecular formula is C23H15N3O4S. The molecule has 0 bridgehead atoms. The second kappa shape index (κ2) is 8.68. The lowest BCUT2D eigenvalue weighted by atomic mass is 10.1. The third-order valence-electron chi connectivity index (χ3n) is 4.48. The summed E-state index contributed by atoms with van der Waals surface area (Å²) in [6.45, 7) is 0. The molecule has 0 aliphatic heterocycles. The zero-order valence-electron chi connectivity index (χ0n) is 16.0. The SMILES string of the molecule is O=C(Nc1nc(-c2ccccc2)c(C(=O)c2ccccc2)s1)c1ccc([N+](=O)[O-])cc1. The first-order valence-electron chi connectivity index (χ1n) is 9.25. The van der Waals surface area contributed by atoms with Crippen molar-refractivity contribution in [3.05, 3.63) is 111 Å². The van der Waals surface area contributed by atoms with Gasteiger partial charge in [-0.15, -0.1) is 0 Å². The van der Waals surface area contributed by atoms with Gasteiger partial charge in [-0.1, -0.05) is 72.0 Å². The summed E-state index contributed by atoms with van der Waals surface area (Å²) < 4.78 is 0. The van der Waals surface area contributed by atoms with E-state index in [1.165, 1.54) is 24.3 Å². The molecule has 152 valence electrons. The Kier molecular flexibility index (Phi) is 5.63. The minimum Gasteiger partial charge on any atom is -0.298 e. The summed E-state index contributed by atoms with van der Waals surface area (Å²) in [5.41, 5.74) is 1.91. The molecule has 0 spiro atoms. The maximum atomic E-state index is 13.1. The van der Waals surface area contributed by atoms with Crippen LogP contribution in [0, 0.1) is 10.1 Å². The van der Waals surface area contributed by atoms with Crippen LogP contribution < -0.4 is 5.32 Å². The first-order valence-corrected chi connectivity index (χ1v) is 10.1. The van der Waals surface area contributed by atoms with Gasteiger partial charge in [0.25, 0.3) is 11.6 Å². The number of carbonyl (C=O) groups is 2. The number of nitro groups is 1. The Hall–Kier alpha value is -4.17. The topological polar surface area (TPSA) is 102 Å². The zero-order chi connectivity index (χ0) is 21.8. The number of hydrogen-bond acceptors (Lipinski definition) is 6. The molecule has 0 saturated heterocycles. The monoisotopic (exact) mass is 429 g/mol. The predicted molar refractivity (Wildman–Crippen MR) is 118 cm³/mol. The Bertz CT molecular complexity index is 1250. The van der Waals surface area contributed by atoms with Crippen LogP contribution in [0.15, 0.2) is 84.9 Å². The summed E-state index contributed by atoms with van der Waals surface area (Å²) >= 11 is 1.09. The highest BCUT2D eigenvalue weighted by Gasteiger charge is 2.22. The van der Waals surface area contributed by atoms with Gasteiger partial charge in [-0.05, 0) is 12.1 Å². The number of amides is 1. The molecule has 1 N–H and O–H groups in total. The largest absolute Gasteiger partial charge is 0.298 e. The fourth-order valence-corrected chi connectivity index (χ4v) is 3.89. The predicted octanol–water partition coefficient (Wildman–Crippen LogP) is 5.20. The van der Waals surface area contributed by atoms with E-state index in [0.717, 1.165) is 16.9 Å². The van der Waals surface area contributed by atoms with Crippen molar-refractivity contribution in [1.82, 2.24) is 4.98 Å². The third kappa shape index (κ3) is 4.39. The van der Waals surface area contributed by atoms with E-state index < -0.39 is 10.8 Å². The molecule has 0 atom stereocenters. The molecule has 0 fully saturated rings. The van der Waals surface area contributed by atoms with Gasteiger partial charge >= 0.3 is 0 Å². The zero-order valence-corrected chi connectivity index (χ0v) is 16.8. The van der Waals surface area contributed by atoms with Gasteiger partial charge in [0.05, 0.1) is 10.6 Å². The quantitative estimate of drug-likeness (QED) is 0.258. The van der Waals surface area contributed by atoms with Gasteiger partial charge in [0, 0.05) is 28.8 Å². The van der Waals surface area contributed by atoms with Crippen molar-refractivity contribution in [2.24, 2.45) is 0 Å². The number of non-ortho nitro benzene ring substituents is 1. The van der Waals surface area contributed by atoms with Gasteiger partial charge in [0.2, 0.25) is 5.78 Å². The Balaban J connectivity index is 1.67. The second-order valence-corrected chi connectivity index (χ2v) is 7.52. The molecule has 7 nitrogen and oxygen atoms in total. The normalized spacial score (nSPS) is 10.5. The number of ketones is 1. The number of anilines is 1. The van der Waals surface area contributed by atoms with Crippen LogP contribution in [0.3, 0.4) is 0 Å². The van der Waals surface area contributed by atoms with Crippen LogP contribution >= 0.6 is 11.3 Å². The van der Waals surface area contributed by atoms with E-state index in [0.29, 0.717) is 16.1 Å². The Morgan fingerprint density at radius 1 is 0.839 bits per heavy atom. The number of hydrogen-bond donors (Lipinski definition) is 1. The molecule has 3 aromatic carbocycles. The van der Waals surface area contributed by atoms with Crippen molar-refractivity contribution < 1.29 is 14.5 Å². The number of benzene rings is 3. The highest BCUT2D eigenvalue weighted by atomic mass is 32.1. The number of aromatic nitrogens is 1. The first kappa shape index (κ1) is 20.1. The van der Waals surface area contributed by atoms with Crippen LogP contribution in [-0.2, 0) is 0 Å². The van der Waals surface area contributed by atoms with Crippen LogP contribution in [0.5, 0.6) is 0 Å². The van der Waals surface area contributed by atoms with Gasteiger partial charge in [-0.3, -0.25) is 25.0 Å². The summed E-state index contributed by atoms with van der Waals surface area (Å²) in [4.78, 5) is 40.9. The van der Waals surface area contributed by atoms with Gasteiger partial charge in [-0.2, -0.15) is 0 Å². The van der Waals surface area contributed by atoms with Crippen LogP contribution in [0.2, 0.25) is 0 Å². The van der Waals surface area contributed by atoms with E-state index in [1.807, 2.05) is 36.4 Å². The summed E-state index contributed by atoms with van der Waals surface area (Å²) in [7, 11) is 0. The van der Waals surface area contributed by atoms with Crippen LogP contribution in [-0.4, -0.2) is 21.6 Å². The smallest absolute Gasteiger partial charge is 0.269 e. The molecule has 1 heterocycles. The van der Waals surface area contributed by atoms with Crippen LogP contribution in [0.4, 0.5) is 10.8 Å². The fourth-order valence-electron chi connectivity index (χ4n) is 2.94. The molecule has 0 unspecified atom stereocenters. The van der Waals surface area contributed by atoms with Crippen molar-refractivity contribution in [2.45, 2.75) is 0 Å². The Labute approximate surface area is 181 Å². The van der Waals surface area contributed by atoms with Crippen molar-refractivity contribution in [1.29, 1.82) is 0 Å². The van der Waals surface area contributed by atoms with Crippen molar-refractivity contribution >= 4 is 33.8 Å². The van der Waals surface area contributed by atoms with E-state index in [1.54, 1.807) is 24.3 Å². The Morgan fingerprint density at radius 3 is 2.06 bits per heavy atom. The first-order chi connectivity index (χ1) is 15.0. The molecule has 0 radical (unpaired) electrons. The number of thiazole rings is 1. The lowest BCUT2D eigenvalue weighted by Gasteiger charge is -2.02. The minimum absolute atomic E-state index is 0.104. The average molecular weight is 429 g/mol. The molecule has 4 rings (SSSR count). The summed E-state index contributed by atoms with van der Waals surface area (Å²) in [5.74, 6) is -0.658. The van der Waals surface area contributed by atoms with Gasteiger partial charge < -0.3 is 0 Å².